The van der Waals surface area contributed by atoms with Crippen LogP contribution in [0.4, 0.5) is 8.78 Å². The first kappa shape index (κ1) is 14.7. The van der Waals surface area contributed by atoms with Crippen LogP contribution in [0.25, 0.3) is 0 Å². The van der Waals surface area contributed by atoms with Crippen LogP contribution in [0.2, 0.25) is 0 Å². The lowest BCUT2D eigenvalue weighted by atomic mass is 10.1. The molecule has 0 bridgehead atoms. The van der Waals surface area contributed by atoms with Crippen molar-refractivity contribution in [3.8, 4) is 0 Å². The lowest BCUT2D eigenvalue weighted by Crippen LogP contribution is -2.35. The van der Waals surface area contributed by atoms with Crippen LogP contribution in [0.5, 0.6) is 0 Å². The van der Waals surface area contributed by atoms with Gasteiger partial charge in [0.25, 0.3) is 0 Å². The number of hydrogen-bond donors (Lipinski definition) is 1. The van der Waals surface area contributed by atoms with E-state index in [1.165, 1.54) is 12.1 Å². The Labute approximate surface area is 118 Å². The number of benzene rings is 1. The molecule has 2 rings (SSSR count). The zero-order valence-corrected chi connectivity index (χ0v) is 12.1. The van der Waals surface area contributed by atoms with Gasteiger partial charge in [-0.3, -0.25) is 0 Å². The molecule has 1 N–H and O–H groups in total. The van der Waals surface area contributed by atoms with Crippen LogP contribution in [0, 0.1) is 11.6 Å². The Morgan fingerprint density at radius 2 is 1.85 bits per heavy atom. The molecular formula is C16H20F2N2. The van der Waals surface area contributed by atoms with Crippen molar-refractivity contribution >= 4 is 0 Å². The van der Waals surface area contributed by atoms with Crippen molar-refractivity contribution in [3.05, 3.63) is 59.4 Å². The van der Waals surface area contributed by atoms with E-state index in [0.717, 1.165) is 17.8 Å². The Bertz CT molecular complexity index is 582. The molecule has 0 radical (unpaired) electrons. The Hall–Kier alpha value is -1.68. The predicted octanol–water partition coefficient (Wildman–Crippen LogP) is 3.70. The molecule has 0 aliphatic rings. The summed E-state index contributed by atoms with van der Waals surface area (Å²) in [7, 11) is 0. The van der Waals surface area contributed by atoms with Gasteiger partial charge in [0.1, 0.15) is 0 Å². The van der Waals surface area contributed by atoms with Crippen molar-refractivity contribution in [3.63, 3.8) is 0 Å². The number of halogens is 2. The van der Waals surface area contributed by atoms with Gasteiger partial charge in [0, 0.05) is 30.5 Å². The maximum absolute atomic E-state index is 13.2. The first-order valence-corrected chi connectivity index (χ1v) is 6.68. The molecule has 0 saturated carbocycles. The molecule has 0 atom stereocenters. The highest BCUT2D eigenvalue weighted by molar-refractivity contribution is 5.20. The first-order chi connectivity index (χ1) is 9.35. The Kier molecular flexibility index (Phi) is 4.23. The van der Waals surface area contributed by atoms with Crippen LogP contribution >= 0.6 is 0 Å². The average molecular weight is 278 g/mol. The Balaban J connectivity index is 2.10. The molecule has 0 aliphatic carbocycles. The molecule has 1 aromatic carbocycles. The summed E-state index contributed by atoms with van der Waals surface area (Å²) in [6.45, 7) is 7.59. The average Bonchev–Trinajstić information content (AvgIpc) is 2.78. The van der Waals surface area contributed by atoms with Crippen molar-refractivity contribution in [2.45, 2.75) is 39.4 Å². The Morgan fingerprint density at radius 3 is 2.50 bits per heavy atom. The number of aromatic nitrogens is 1. The van der Waals surface area contributed by atoms with Gasteiger partial charge in [-0.05, 0) is 50.6 Å². The summed E-state index contributed by atoms with van der Waals surface area (Å²) in [4.78, 5) is 0. The fourth-order valence-corrected chi connectivity index (χ4v) is 1.95. The molecule has 0 fully saturated rings. The minimum absolute atomic E-state index is 0.0388. The van der Waals surface area contributed by atoms with E-state index in [1.54, 1.807) is 6.07 Å². The summed E-state index contributed by atoms with van der Waals surface area (Å²) in [5, 5.41) is 3.42. The van der Waals surface area contributed by atoms with Crippen molar-refractivity contribution in [2.75, 3.05) is 0 Å². The smallest absolute Gasteiger partial charge is 0.159 e. The standard InChI is InChI=1S/C16H20F2N2/c1-16(2,3)19-10-13-5-4-8-20(13)11-12-6-7-14(17)15(18)9-12/h4-9,19H,10-11H2,1-3H3. The summed E-state index contributed by atoms with van der Waals surface area (Å²) in [5.41, 5.74) is 1.90. The minimum atomic E-state index is -0.809. The normalized spacial score (nSPS) is 11.8. The van der Waals surface area contributed by atoms with Crippen LogP contribution in [0.15, 0.2) is 36.5 Å². The lowest BCUT2D eigenvalue weighted by Gasteiger charge is -2.21. The van der Waals surface area contributed by atoms with Crippen LogP contribution in [-0.2, 0) is 13.1 Å². The number of rotatable bonds is 4. The van der Waals surface area contributed by atoms with E-state index in [2.05, 4.69) is 26.1 Å². The van der Waals surface area contributed by atoms with Crippen molar-refractivity contribution < 1.29 is 8.78 Å². The van der Waals surface area contributed by atoms with E-state index < -0.39 is 11.6 Å². The second-order valence-electron chi connectivity index (χ2n) is 5.98. The number of hydrogen-bond acceptors (Lipinski definition) is 1. The van der Waals surface area contributed by atoms with Gasteiger partial charge in [-0.25, -0.2) is 8.78 Å². The SMILES string of the molecule is CC(C)(C)NCc1cccn1Cc1ccc(F)c(F)c1. The maximum Gasteiger partial charge on any atom is 0.159 e. The van der Waals surface area contributed by atoms with Crippen LogP contribution in [0.1, 0.15) is 32.0 Å². The van der Waals surface area contributed by atoms with E-state index in [0.29, 0.717) is 6.54 Å². The third-order valence-corrected chi connectivity index (χ3v) is 3.06. The molecule has 0 amide bonds. The highest BCUT2D eigenvalue weighted by atomic mass is 19.2. The van der Waals surface area contributed by atoms with Gasteiger partial charge in [-0.1, -0.05) is 6.07 Å². The molecule has 1 aromatic heterocycles. The molecule has 20 heavy (non-hydrogen) atoms. The zero-order valence-electron chi connectivity index (χ0n) is 12.1. The molecule has 4 heteroatoms. The summed E-state index contributed by atoms with van der Waals surface area (Å²) in [6.07, 6.45) is 1.95. The third-order valence-electron chi connectivity index (χ3n) is 3.06. The fraction of sp³-hybridized carbons (Fsp3) is 0.375. The van der Waals surface area contributed by atoms with E-state index in [9.17, 15) is 8.78 Å². The molecule has 0 saturated heterocycles. The highest BCUT2D eigenvalue weighted by Crippen LogP contribution is 2.13. The van der Waals surface area contributed by atoms with Crippen molar-refractivity contribution in [1.82, 2.24) is 9.88 Å². The zero-order chi connectivity index (χ0) is 14.8. The lowest BCUT2D eigenvalue weighted by molar-refractivity contribution is 0.417. The fourth-order valence-electron chi connectivity index (χ4n) is 1.95. The van der Waals surface area contributed by atoms with Crippen molar-refractivity contribution in [2.24, 2.45) is 0 Å². The third kappa shape index (κ3) is 3.90. The largest absolute Gasteiger partial charge is 0.346 e. The van der Waals surface area contributed by atoms with E-state index in [1.807, 2.05) is 22.9 Å². The monoisotopic (exact) mass is 278 g/mol. The van der Waals surface area contributed by atoms with Gasteiger partial charge in [-0.15, -0.1) is 0 Å². The maximum atomic E-state index is 13.2. The van der Waals surface area contributed by atoms with Crippen LogP contribution in [-0.4, -0.2) is 10.1 Å². The summed E-state index contributed by atoms with van der Waals surface area (Å²) < 4.78 is 28.2. The second kappa shape index (κ2) is 5.75. The molecule has 0 unspecified atom stereocenters. The minimum Gasteiger partial charge on any atom is -0.346 e. The van der Waals surface area contributed by atoms with Gasteiger partial charge in [0.05, 0.1) is 0 Å². The van der Waals surface area contributed by atoms with Gasteiger partial charge >= 0.3 is 0 Å². The summed E-state index contributed by atoms with van der Waals surface area (Å²) in [5.74, 6) is -1.61. The predicted molar refractivity (Wildman–Crippen MR) is 76.5 cm³/mol. The molecule has 2 aromatic rings. The summed E-state index contributed by atoms with van der Waals surface area (Å²) >= 11 is 0. The van der Waals surface area contributed by atoms with Crippen LogP contribution in [0.3, 0.4) is 0 Å². The van der Waals surface area contributed by atoms with Gasteiger partial charge in [0.15, 0.2) is 11.6 Å². The summed E-state index contributed by atoms with van der Waals surface area (Å²) in [6, 6.07) is 8.01. The van der Waals surface area contributed by atoms with E-state index >= 15 is 0 Å². The van der Waals surface area contributed by atoms with Gasteiger partial charge in [0.2, 0.25) is 0 Å². The molecular weight excluding hydrogens is 258 g/mol. The molecule has 1 heterocycles. The highest BCUT2D eigenvalue weighted by Gasteiger charge is 2.10. The molecule has 108 valence electrons. The second-order valence-corrected chi connectivity index (χ2v) is 5.98. The van der Waals surface area contributed by atoms with E-state index in [-0.39, 0.29) is 5.54 Å². The quantitative estimate of drug-likeness (QED) is 0.902. The first-order valence-electron chi connectivity index (χ1n) is 6.68. The molecule has 0 spiro atoms. The Morgan fingerprint density at radius 1 is 1.10 bits per heavy atom. The van der Waals surface area contributed by atoms with Gasteiger partial charge < -0.3 is 9.88 Å². The van der Waals surface area contributed by atoms with Crippen LogP contribution < -0.4 is 5.32 Å². The van der Waals surface area contributed by atoms with Gasteiger partial charge in [-0.2, -0.15) is 0 Å². The van der Waals surface area contributed by atoms with E-state index in [4.69, 9.17) is 0 Å². The number of nitrogens with zero attached hydrogens (tertiary/aromatic N) is 1. The topological polar surface area (TPSA) is 17.0 Å². The number of nitrogens with one attached hydrogen (secondary N) is 1. The van der Waals surface area contributed by atoms with Crippen molar-refractivity contribution in [1.29, 1.82) is 0 Å². The molecule has 0 aliphatic heterocycles. The molecule has 2 nitrogen and oxygen atoms in total.